The number of nitrogens with zero attached hydrogens (tertiary/aromatic N) is 1. The zero-order valence-electron chi connectivity index (χ0n) is 17.4. The first-order valence-electron chi connectivity index (χ1n) is 11.0. The monoisotopic (exact) mass is 412 g/mol. The van der Waals surface area contributed by atoms with Crippen LogP contribution in [0.3, 0.4) is 0 Å². The molecular formula is C22H37ClN2O3. The molecule has 0 radical (unpaired) electrons. The molecule has 0 heterocycles. The minimum Gasteiger partial charge on any atom is -0.396 e. The summed E-state index contributed by atoms with van der Waals surface area (Å²) in [5.41, 5.74) is 6.83. The first-order valence-corrected chi connectivity index (χ1v) is 11.0. The second-order valence-electron chi connectivity index (χ2n) is 10.1. The van der Waals surface area contributed by atoms with Crippen LogP contribution in [0.2, 0.25) is 0 Å². The standard InChI is InChI=1S/C22H36N2O3.ClH/c1-21-7-5-16(24-27-10-9-23)12-15(21)11-14(13-25)20-17-3-4-19(26)22(17,2)8-6-18(20)21;/h14-15,17-18,20,25H,3-13,23H2,1-2H3;1H/b24-16-;/t14-,15?,17+,18+,20+,21+,22+;/m1./s1. The number of aliphatic hydroxyl groups excluding tert-OH is 1. The summed E-state index contributed by atoms with van der Waals surface area (Å²) in [6.45, 7) is 5.92. The van der Waals surface area contributed by atoms with Gasteiger partial charge >= 0.3 is 0 Å². The molecule has 0 aromatic rings. The van der Waals surface area contributed by atoms with E-state index < -0.39 is 0 Å². The molecule has 4 aliphatic carbocycles. The maximum absolute atomic E-state index is 12.6. The van der Waals surface area contributed by atoms with Crippen LogP contribution in [0.1, 0.15) is 65.2 Å². The topological polar surface area (TPSA) is 84.9 Å². The Bertz CT molecular complexity index is 627. The van der Waals surface area contributed by atoms with Gasteiger partial charge in [-0.15, -0.1) is 12.4 Å². The van der Waals surface area contributed by atoms with Crippen LogP contribution in [-0.4, -0.2) is 36.4 Å². The van der Waals surface area contributed by atoms with Gasteiger partial charge in [-0.1, -0.05) is 19.0 Å². The highest BCUT2D eigenvalue weighted by molar-refractivity contribution is 5.87. The van der Waals surface area contributed by atoms with Gasteiger partial charge < -0.3 is 15.7 Å². The lowest BCUT2D eigenvalue weighted by Gasteiger charge is -2.61. The van der Waals surface area contributed by atoms with E-state index in [0.717, 1.165) is 57.1 Å². The maximum Gasteiger partial charge on any atom is 0.139 e. The minimum absolute atomic E-state index is 0. The van der Waals surface area contributed by atoms with Crippen LogP contribution < -0.4 is 5.73 Å². The molecule has 4 saturated carbocycles. The van der Waals surface area contributed by atoms with E-state index in [1.54, 1.807) is 0 Å². The van der Waals surface area contributed by atoms with Crippen molar-refractivity contribution in [2.45, 2.75) is 65.2 Å². The largest absolute Gasteiger partial charge is 0.396 e. The Morgan fingerprint density at radius 3 is 2.71 bits per heavy atom. The smallest absolute Gasteiger partial charge is 0.139 e. The van der Waals surface area contributed by atoms with Gasteiger partial charge in [-0.3, -0.25) is 4.79 Å². The van der Waals surface area contributed by atoms with Crippen LogP contribution in [0.25, 0.3) is 0 Å². The Balaban J connectivity index is 0.00000225. The van der Waals surface area contributed by atoms with Crippen molar-refractivity contribution < 1.29 is 14.7 Å². The van der Waals surface area contributed by atoms with Gasteiger partial charge in [0.25, 0.3) is 0 Å². The lowest BCUT2D eigenvalue weighted by Crippen LogP contribution is -2.57. The first kappa shape index (κ1) is 22.0. The van der Waals surface area contributed by atoms with Crippen LogP contribution in [0.4, 0.5) is 0 Å². The highest BCUT2D eigenvalue weighted by Gasteiger charge is 2.62. The molecule has 4 aliphatic rings. The van der Waals surface area contributed by atoms with Crippen molar-refractivity contribution in [1.82, 2.24) is 0 Å². The third kappa shape index (κ3) is 3.31. The van der Waals surface area contributed by atoms with E-state index in [1.165, 1.54) is 0 Å². The molecule has 0 aromatic carbocycles. The zero-order chi connectivity index (χ0) is 19.2. The van der Waals surface area contributed by atoms with Gasteiger partial charge in [-0.2, -0.15) is 0 Å². The Hall–Kier alpha value is -0.650. The third-order valence-corrected chi connectivity index (χ3v) is 9.02. The summed E-state index contributed by atoms with van der Waals surface area (Å²) in [4.78, 5) is 18.0. The summed E-state index contributed by atoms with van der Waals surface area (Å²) in [5, 5.41) is 14.6. The molecule has 0 amide bonds. The van der Waals surface area contributed by atoms with Crippen molar-refractivity contribution in [3.63, 3.8) is 0 Å². The quantitative estimate of drug-likeness (QED) is 0.546. The van der Waals surface area contributed by atoms with E-state index in [1.807, 2.05) is 0 Å². The number of carbonyl (C=O) groups is 1. The fraction of sp³-hybridized carbons (Fsp3) is 0.909. The third-order valence-electron chi connectivity index (χ3n) is 9.02. The van der Waals surface area contributed by atoms with Gasteiger partial charge in [0, 0.05) is 25.0 Å². The molecule has 0 aromatic heterocycles. The van der Waals surface area contributed by atoms with Gasteiger partial charge in [0.15, 0.2) is 0 Å². The normalized spacial score (nSPS) is 46.4. The fourth-order valence-corrected chi connectivity index (χ4v) is 7.46. The summed E-state index contributed by atoms with van der Waals surface area (Å²) in [6.07, 6.45) is 8.17. The van der Waals surface area contributed by atoms with E-state index in [4.69, 9.17) is 10.6 Å². The number of nitrogens with two attached hydrogens (primary N) is 1. The molecule has 3 N–H and O–H groups in total. The van der Waals surface area contributed by atoms with Crippen LogP contribution >= 0.6 is 12.4 Å². The Morgan fingerprint density at radius 1 is 1.21 bits per heavy atom. The Labute approximate surface area is 175 Å². The SMILES string of the molecule is C[C@]12CC/C(=N/OCCN)CC1C[C@H](CO)[C@@H]1[C@@H]2CC[C@]2(C)C(=O)CC[C@@H]12.Cl. The predicted octanol–water partition coefficient (Wildman–Crippen LogP) is 3.57. The summed E-state index contributed by atoms with van der Waals surface area (Å²) >= 11 is 0. The van der Waals surface area contributed by atoms with E-state index >= 15 is 0 Å². The van der Waals surface area contributed by atoms with Gasteiger partial charge in [0.2, 0.25) is 0 Å². The number of hydrogen-bond acceptors (Lipinski definition) is 5. The van der Waals surface area contributed by atoms with E-state index in [-0.39, 0.29) is 24.4 Å². The lowest BCUT2D eigenvalue weighted by molar-refractivity contribution is -0.148. The highest BCUT2D eigenvalue weighted by atomic mass is 35.5. The second-order valence-corrected chi connectivity index (χ2v) is 10.1. The van der Waals surface area contributed by atoms with Crippen LogP contribution in [0.5, 0.6) is 0 Å². The number of ketones is 1. The zero-order valence-corrected chi connectivity index (χ0v) is 18.2. The highest BCUT2D eigenvalue weighted by Crippen LogP contribution is 2.66. The van der Waals surface area contributed by atoms with Crippen molar-refractivity contribution in [3.8, 4) is 0 Å². The van der Waals surface area contributed by atoms with Crippen LogP contribution in [0.15, 0.2) is 5.16 Å². The summed E-state index contributed by atoms with van der Waals surface area (Å²) in [6, 6.07) is 0. The van der Waals surface area contributed by atoms with Crippen LogP contribution in [0, 0.1) is 40.4 Å². The number of fused-ring (bicyclic) bond motifs is 5. The van der Waals surface area contributed by atoms with Crippen molar-refractivity contribution in [2.24, 2.45) is 51.3 Å². The molecule has 4 rings (SSSR count). The van der Waals surface area contributed by atoms with Crippen molar-refractivity contribution in [3.05, 3.63) is 0 Å². The predicted molar refractivity (Wildman–Crippen MR) is 112 cm³/mol. The van der Waals surface area contributed by atoms with Gasteiger partial charge in [-0.05, 0) is 80.0 Å². The molecule has 4 fully saturated rings. The van der Waals surface area contributed by atoms with Gasteiger partial charge in [-0.25, -0.2) is 0 Å². The van der Waals surface area contributed by atoms with Crippen molar-refractivity contribution in [1.29, 1.82) is 0 Å². The number of halogens is 1. The number of oxime groups is 1. The number of Topliss-reactive ketones (excluding diaryl/α,β-unsaturated/α-hetero) is 1. The number of aliphatic hydroxyl groups is 1. The molecule has 28 heavy (non-hydrogen) atoms. The second kappa shape index (κ2) is 8.23. The van der Waals surface area contributed by atoms with Crippen molar-refractivity contribution in [2.75, 3.05) is 19.8 Å². The maximum atomic E-state index is 12.6. The molecule has 7 atom stereocenters. The first-order chi connectivity index (χ1) is 12.9. The molecule has 6 heteroatoms. The molecule has 0 bridgehead atoms. The fourth-order valence-electron chi connectivity index (χ4n) is 7.46. The van der Waals surface area contributed by atoms with E-state index in [0.29, 0.717) is 53.9 Å². The lowest BCUT2D eigenvalue weighted by atomic mass is 9.43. The molecular weight excluding hydrogens is 376 g/mol. The number of rotatable bonds is 4. The molecule has 5 nitrogen and oxygen atoms in total. The molecule has 0 spiro atoms. The molecule has 160 valence electrons. The van der Waals surface area contributed by atoms with Crippen molar-refractivity contribution >= 4 is 23.9 Å². The average Bonchev–Trinajstić information content (AvgIpc) is 2.96. The summed E-state index contributed by atoms with van der Waals surface area (Å²) in [5.74, 6) is 2.98. The van der Waals surface area contributed by atoms with E-state index in [2.05, 4.69) is 19.0 Å². The minimum atomic E-state index is -0.130. The Kier molecular flexibility index (Phi) is 6.48. The number of carbonyl (C=O) groups excluding carboxylic acids is 1. The summed E-state index contributed by atoms with van der Waals surface area (Å²) < 4.78 is 0. The summed E-state index contributed by atoms with van der Waals surface area (Å²) in [7, 11) is 0. The average molecular weight is 413 g/mol. The van der Waals surface area contributed by atoms with Gasteiger partial charge in [0.05, 0.1) is 5.71 Å². The number of hydrogen-bond donors (Lipinski definition) is 2. The molecule has 0 aliphatic heterocycles. The van der Waals surface area contributed by atoms with Gasteiger partial charge in [0.1, 0.15) is 12.4 Å². The van der Waals surface area contributed by atoms with E-state index in [9.17, 15) is 9.90 Å². The van der Waals surface area contributed by atoms with Crippen LogP contribution in [-0.2, 0) is 9.63 Å². The Morgan fingerprint density at radius 2 is 2.00 bits per heavy atom. The molecule has 0 saturated heterocycles. The molecule has 1 unspecified atom stereocenters.